The van der Waals surface area contributed by atoms with E-state index in [1.54, 1.807) is 0 Å². The molecule has 18 heavy (non-hydrogen) atoms. The van der Waals surface area contributed by atoms with Crippen LogP contribution in [0.3, 0.4) is 0 Å². The van der Waals surface area contributed by atoms with Crippen molar-refractivity contribution in [3.05, 3.63) is 17.6 Å². The average molecular weight is 247 g/mol. The lowest BCUT2D eigenvalue weighted by molar-refractivity contribution is -0.140. The van der Waals surface area contributed by atoms with Gasteiger partial charge in [-0.25, -0.2) is 9.97 Å². The SMILES string of the molecule is Cc1cc(N2CCC(C(=O)O)C2)nc(C2CC2)n1. The van der Waals surface area contributed by atoms with E-state index in [9.17, 15) is 4.79 Å². The van der Waals surface area contributed by atoms with Crippen molar-refractivity contribution in [3.63, 3.8) is 0 Å². The van der Waals surface area contributed by atoms with Gasteiger partial charge in [0.25, 0.3) is 0 Å². The number of aryl methyl sites for hydroxylation is 1. The molecule has 1 saturated carbocycles. The fraction of sp³-hybridized carbons (Fsp3) is 0.615. The minimum absolute atomic E-state index is 0.260. The van der Waals surface area contributed by atoms with E-state index in [1.165, 1.54) is 12.8 Å². The van der Waals surface area contributed by atoms with Gasteiger partial charge in [0.2, 0.25) is 0 Å². The number of aromatic nitrogens is 2. The Hall–Kier alpha value is -1.65. The second-order valence-electron chi connectivity index (χ2n) is 5.27. The third kappa shape index (κ3) is 2.17. The summed E-state index contributed by atoms with van der Waals surface area (Å²) < 4.78 is 0. The molecule has 1 aliphatic heterocycles. The van der Waals surface area contributed by atoms with Crippen molar-refractivity contribution in [2.45, 2.75) is 32.1 Å². The number of hydrogen-bond donors (Lipinski definition) is 1. The summed E-state index contributed by atoms with van der Waals surface area (Å²) in [7, 11) is 0. The van der Waals surface area contributed by atoms with Gasteiger partial charge in [0, 0.05) is 30.8 Å². The highest BCUT2D eigenvalue weighted by Gasteiger charge is 2.31. The van der Waals surface area contributed by atoms with Crippen LogP contribution in [0.15, 0.2) is 6.07 Å². The van der Waals surface area contributed by atoms with Gasteiger partial charge in [-0.2, -0.15) is 0 Å². The first kappa shape index (κ1) is 11.4. The normalized spacial score (nSPS) is 23.4. The minimum atomic E-state index is -0.703. The zero-order valence-corrected chi connectivity index (χ0v) is 10.5. The van der Waals surface area contributed by atoms with Crippen LogP contribution in [0.4, 0.5) is 5.82 Å². The summed E-state index contributed by atoms with van der Waals surface area (Å²) in [6.45, 7) is 3.31. The van der Waals surface area contributed by atoms with Gasteiger partial charge in [-0.3, -0.25) is 4.79 Å². The molecule has 0 bridgehead atoms. The van der Waals surface area contributed by atoms with E-state index in [1.807, 2.05) is 13.0 Å². The fourth-order valence-corrected chi connectivity index (χ4v) is 2.43. The molecule has 2 aliphatic rings. The summed E-state index contributed by atoms with van der Waals surface area (Å²) in [6, 6.07) is 1.95. The Labute approximate surface area is 106 Å². The smallest absolute Gasteiger partial charge is 0.308 e. The van der Waals surface area contributed by atoms with Gasteiger partial charge in [0.15, 0.2) is 0 Å². The maximum absolute atomic E-state index is 11.0. The van der Waals surface area contributed by atoms with E-state index >= 15 is 0 Å². The van der Waals surface area contributed by atoms with E-state index in [-0.39, 0.29) is 5.92 Å². The van der Waals surface area contributed by atoms with Crippen molar-refractivity contribution in [2.24, 2.45) is 5.92 Å². The lowest BCUT2D eigenvalue weighted by Gasteiger charge is -2.18. The summed E-state index contributed by atoms with van der Waals surface area (Å²) in [5.74, 6) is 1.40. The van der Waals surface area contributed by atoms with Crippen LogP contribution >= 0.6 is 0 Å². The predicted molar refractivity (Wildman–Crippen MR) is 66.7 cm³/mol. The maximum Gasteiger partial charge on any atom is 0.308 e. The zero-order chi connectivity index (χ0) is 12.7. The van der Waals surface area contributed by atoms with E-state index < -0.39 is 5.97 Å². The number of anilines is 1. The van der Waals surface area contributed by atoms with Gasteiger partial charge >= 0.3 is 5.97 Å². The van der Waals surface area contributed by atoms with Crippen LogP contribution in [0.2, 0.25) is 0 Å². The van der Waals surface area contributed by atoms with Crippen LogP contribution in [0, 0.1) is 12.8 Å². The van der Waals surface area contributed by atoms with Crippen molar-refractivity contribution in [3.8, 4) is 0 Å². The first-order valence-corrected chi connectivity index (χ1v) is 6.47. The molecule has 0 radical (unpaired) electrons. The highest BCUT2D eigenvalue weighted by Crippen LogP contribution is 2.38. The molecule has 1 aliphatic carbocycles. The predicted octanol–water partition coefficient (Wildman–Crippen LogP) is 1.57. The van der Waals surface area contributed by atoms with Crippen LogP contribution in [-0.4, -0.2) is 34.1 Å². The van der Waals surface area contributed by atoms with Crippen LogP contribution in [-0.2, 0) is 4.79 Å². The zero-order valence-electron chi connectivity index (χ0n) is 10.5. The van der Waals surface area contributed by atoms with Crippen molar-refractivity contribution in [1.29, 1.82) is 0 Å². The van der Waals surface area contributed by atoms with Gasteiger partial charge in [0.1, 0.15) is 11.6 Å². The molecule has 2 fully saturated rings. The lowest BCUT2D eigenvalue weighted by Crippen LogP contribution is -2.24. The van der Waals surface area contributed by atoms with E-state index in [0.29, 0.717) is 18.9 Å². The van der Waals surface area contributed by atoms with Gasteiger partial charge in [-0.1, -0.05) is 0 Å². The van der Waals surface area contributed by atoms with Gasteiger partial charge in [0.05, 0.1) is 5.92 Å². The molecule has 1 aromatic rings. The average Bonchev–Trinajstić information content (AvgIpc) is 3.05. The largest absolute Gasteiger partial charge is 0.481 e. The molecule has 0 spiro atoms. The van der Waals surface area contributed by atoms with Gasteiger partial charge in [-0.05, 0) is 26.2 Å². The Morgan fingerprint density at radius 2 is 2.17 bits per heavy atom. The molecule has 2 heterocycles. The van der Waals surface area contributed by atoms with E-state index in [4.69, 9.17) is 5.11 Å². The molecule has 1 N–H and O–H groups in total. The number of nitrogens with zero attached hydrogens (tertiary/aromatic N) is 3. The summed E-state index contributed by atoms with van der Waals surface area (Å²) in [4.78, 5) is 22.1. The Morgan fingerprint density at radius 1 is 1.39 bits per heavy atom. The molecule has 1 saturated heterocycles. The molecule has 1 atom stereocenters. The number of carboxylic acid groups (broad SMARTS) is 1. The molecule has 5 heteroatoms. The van der Waals surface area contributed by atoms with Crippen LogP contribution in [0.5, 0.6) is 0 Å². The van der Waals surface area contributed by atoms with Crippen molar-refractivity contribution in [1.82, 2.24) is 9.97 Å². The van der Waals surface area contributed by atoms with Crippen LogP contribution in [0.1, 0.15) is 36.7 Å². The van der Waals surface area contributed by atoms with Gasteiger partial charge in [-0.15, -0.1) is 0 Å². The lowest BCUT2D eigenvalue weighted by atomic mass is 10.1. The molecule has 1 aromatic heterocycles. The first-order valence-electron chi connectivity index (χ1n) is 6.47. The van der Waals surface area contributed by atoms with E-state index in [2.05, 4.69) is 14.9 Å². The van der Waals surface area contributed by atoms with Crippen molar-refractivity contribution >= 4 is 11.8 Å². The van der Waals surface area contributed by atoms with Crippen molar-refractivity contribution < 1.29 is 9.90 Å². The molecule has 96 valence electrons. The Morgan fingerprint density at radius 3 is 2.78 bits per heavy atom. The van der Waals surface area contributed by atoms with Crippen LogP contribution < -0.4 is 4.90 Å². The first-order chi connectivity index (χ1) is 8.63. The maximum atomic E-state index is 11.0. The Balaban J connectivity index is 1.81. The molecular formula is C13H17N3O2. The Bertz CT molecular complexity index is 485. The monoisotopic (exact) mass is 247 g/mol. The number of carbonyl (C=O) groups is 1. The molecule has 1 unspecified atom stereocenters. The number of carboxylic acids is 1. The molecule has 0 amide bonds. The van der Waals surface area contributed by atoms with E-state index in [0.717, 1.165) is 23.9 Å². The third-order valence-corrected chi connectivity index (χ3v) is 3.66. The second-order valence-corrected chi connectivity index (χ2v) is 5.27. The molecule has 0 aromatic carbocycles. The highest BCUT2D eigenvalue weighted by atomic mass is 16.4. The molecule has 3 rings (SSSR count). The topological polar surface area (TPSA) is 66.3 Å². The number of aliphatic carboxylic acids is 1. The fourth-order valence-electron chi connectivity index (χ4n) is 2.43. The van der Waals surface area contributed by atoms with Crippen molar-refractivity contribution in [2.75, 3.05) is 18.0 Å². The second kappa shape index (κ2) is 4.23. The summed E-state index contributed by atoms with van der Waals surface area (Å²) in [5.41, 5.74) is 0.973. The van der Waals surface area contributed by atoms with Gasteiger partial charge < -0.3 is 10.0 Å². The molecule has 5 nitrogen and oxygen atoms in total. The number of rotatable bonds is 3. The standard InChI is InChI=1S/C13H17N3O2/c1-8-6-11(15-12(14-8)9-2-3-9)16-5-4-10(7-16)13(17)18/h6,9-10H,2-5,7H2,1H3,(H,17,18). The summed E-state index contributed by atoms with van der Waals surface area (Å²) >= 11 is 0. The minimum Gasteiger partial charge on any atom is -0.481 e. The summed E-state index contributed by atoms with van der Waals surface area (Å²) in [5, 5.41) is 9.03. The van der Waals surface area contributed by atoms with Crippen LogP contribution in [0.25, 0.3) is 0 Å². The Kier molecular flexibility index (Phi) is 2.69. The number of hydrogen-bond acceptors (Lipinski definition) is 4. The highest BCUT2D eigenvalue weighted by molar-refractivity contribution is 5.71. The quantitative estimate of drug-likeness (QED) is 0.878. The molecular weight excluding hydrogens is 230 g/mol. The third-order valence-electron chi connectivity index (χ3n) is 3.66. The summed E-state index contributed by atoms with van der Waals surface area (Å²) in [6.07, 6.45) is 3.07.